The first kappa shape index (κ1) is 22.6. The van der Waals surface area contributed by atoms with Crippen molar-refractivity contribution in [2.24, 2.45) is 0 Å². The number of hydrogen-bond donors (Lipinski definition) is 2. The van der Waals surface area contributed by atoms with Crippen LogP contribution in [0.5, 0.6) is 0 Å². The van der Waals surface area contributed by atoms with Crippen molar-refractivity contribution in [3.05, 3.63) is 120 Å². The maximum Gasteiger partial charge on any atom is 0.127 e. The topological polar surface area (TPSA) is 67.2 Å². The van der Waals surface area contributed by atoms with Gasteiger partial charge in [-0.2, -0.15) is 0 Å². The van der Waals surface area contributed by atoms with Gasteiger partial charge >= 0.3 is 0 Å². The first-order chi connectivity index (χ1) is 18.3. The van der Waals surface area contributed by atoms with E-state index in [4.69, 9.17) is 9.97 Å². The molecule has 0 radical (unpaired) electrons. The number of benzene rings is 2. The van der Waals surface area contributed by atoms with Gasteiger partial charge in [-0.05, 0) is 76.2 Å². The van der Waals surface area contributed by atoms with E-state index in [0.29, 0.717) is 0 Å². The van der Waals surface area contributed by atoms with Gasteiger partial charge in [0.2, 0.25) is 0 Å². The average molecular weight is 499 g/mol. The van der Waals surface area contributed by atoms with Gasteiger partial charge in [0, 0.05) is 40.6 Å². The minimum absolute atomic E-state index is 0.254. The van der Waals surface area contributed by atoms with Crippen LogP contribution in [0.4, 0.5) is 0 Å². The van der Waals surface area contributed by atoms with E-state index < -0.39 is 5.41 Å². The number of rotatable bonds is 2. The number of aromatic nitrogens is 6. The standard InChI is InChI=1S/C32H30N6/c1-31(2)27-17-15-23(33-27)25-19-37(21-11-7-5-8-12-21)29(35-25)32(3,4)30-36-26(24-16-18-28(31)34-24)20-38(30)22-13-9-6-10-14-22/h5-20,33-34H,1-4H3. The van der Waals surface area contributed by atoms with Crippen LogP contribution in [0, 0.1) is 0 Å². The predicted octanol–water partition coefficient (Wildman–Crippen LogP) is 7.01. The zero-order valence-corrected chi connectivity index (χ0v) is 22.0. The molecule has 6 nitrogen and oxygen atoms in total. The van der Waals surface area contributed by atoms with Crippen LogP contribution in [0.3, 0.4) is 0 Å². The third-order valence-corrected chi connectivity index (χ3v) is 7.87. The van der Waals surface area contributed by atoms with Crippen LogP contribution in [-0.2, 0) is 10.8 Å². The molecule has 0 fully saturated rings. The molecule has 6 aromatic rings. The molecule has 0 aliphatic carbocycles. The quantitative estimate of drug-likeness (QED) is 0.270. The molecule has 2 N–H and O–H groups in total. The summed E-state index contributed by atoms with van der Waals surface area (Å²) in [5.74, 6) is 1.85. The van der Waals surface area contributed by atoms with Gasteiger partial charge in [-0.15, -0.1) is 0 Å². The fourth-order valence-electron chi connectivity index (χ4n) is 5.54. The average Bonchev–Trinajstić information content (AvgIpc) is 3.73. The highest BCUT2D eigenvalue weighted by atomic mass is 15.1. The molecule has 0 unspecified atom stereocenters. The van der Waals surface area contributed by atoms with E-state index in [1.54, 1.807) is 0 Å². The Morgan fingerprint density at radius 2 is 0.947 bits per heavy atom. The van der Waals surface area contributed by atoms with Gasteiger partial charge in [0.15, 0.2) is 0 Å². The molecule has 0 amide bonds. The maximum atomic E-state index is 5.28. The van der Waals surface area contributed by atoms with E-state index in [-0.39, 0.29) is 5.41 Å². The van der Waals surface area contributed by atoms with Crippen molar-refractivity contribution in [2.45, 2.75) is 38.5 Å². The lowest BCUT2D eigenvalue weighted by atomic mass is 9.86. The first-order valence-corrected chi connectivity index (χ1v) is 13.0. The maximum absolute atomic E-state index is 5.28. The van der Waals surface area contributed by atoms with Crippen molar-refractivity contribution in [1.82, 2.24) is 29.1 Å². The number of aromatic amines is 2. The molecule has 0 atom stereocenters. The molecule has 8 bridgehead atoms. The SMILES string of the molecule is CC1(C)c2ccc([nH]2)-c2cn(-c3ccccc3)c(n2)C(C)(C)c2nc(cn2-c2ccccc2)-c2ccc1[nH]2. The second-order valence-electron chi connectivity index (χ2n) is 11.1. The number of nitrogens with zero attached hydrogens (tertiary/aromatic N) is 4. The van der Waals surface area contributed by atoms with Crippen molar-refractivity contribution >= 4 is 0 Å². The van der Waals surface area contributed by atoms with Crippen molar-refractivity contribution < 1.29 is 0 Å². The Hall–Kier alpha value is -4.58. The molecule has 2 aromatic carbocycles. The Morgan fingerprint density at radius 3 is 1.37 bits per heavy atom. The Balaban J connectivity index is 1.56. The van der Waals surface area contributed by atoms with Gasteiger partial charge in [0.1, 0.15) is 23.0 Å². The highest BCUT2D eigenvalue weighted by molar-refractivity contribution is 5.61. The number of fused-ring (bicyclic) bond motifs is 10. The summed E-state index contributed by atoms with van der Waals surface area (Å²) in [7, 11) is 0. The molecule has 0 saturated heterocycles. The van der Waals surface area contributed by atoms with Crippen LogP contribution in [-0.4, -0.2) is 29.1 Å². The Labute approximate surface area is 222 Å². The lowest BCUT2D eigenvalue weighted by Crippen LogP contribution is -2.28. The Bertz CT molecular complexity index is 1630. The lowest BCUT2D eigenvalue weighted by Gasteiger charge is -2.26. The summed E-state index contributed by atoms with van der Waals surface area (Å²) in [6.45, 7) is 8.88. The molecule has 7 rings (SSSR count). The summed E-state index contributed by atoms with van der Waals surface area (Å²) in [4.78, 5) is 17.9. The van der Waals surface area contributed by atoms with Crippen LogP contribution in [0.15, 0.2) is 97.3 Å². The molecular formula is C32H30N6. The van der Waals surface area contributed by atoms with Gasteiger partial charge in [0.25, 0.3) is 0 Å². The second-order valence-corrected chi connectivity index (χ2v) is 11.1. The lowest BCUT2D eigenvalue weighted by molar-refractivity contribution is 0.533. The van der Waals surface area contributed by atoms with E-state index in [2.05, 4.69) is 132 Å². The van der Waals surface area contributed by atoms with Crippen LogP contribution in [0.1, 0.15) is 50.7 Å². The van der Waals surface area contributed by atoms with Crippen LogP contribution < -0.4 is 0 Å². The highest BCUT2D eigenvalue weighted by Gasteiger charge is 2.36. The number of para-hydroxylation sites is 2. The summed E-state index contributed by atoms with van der Waals surface area (Å²) in [5, 5.41) is 0. The van der Waals surface area contributed by atoms with Crippen molar-refractivity contribution in [2.75, 3.05) is 0 Å². The number of H-pyrrole nitrogens is 2. The van der Waals surface area contributed by atoms with E-state index in [1.807, 2.05) is 12.1 Å². The first-order valence-electron chi connectivity index (χ1n) is 13.0. The van der Waals surface area contributed by atoms with Gasteiger partial charge in [0.05, 0.1) is 16.8 Å². The summed E-state index contributed by atoms with van der Waals surface area (Å²) in [6.07, 6.45) is 4.27. The predicted molar refractivity (Wildman–Crippen MR) is 151 cm³/mol. The van der Waals surface area contributed by atoms with Crippen LogP contribution >= 0.6 is 0 Å². The molecule has 1 aliphatic rings. The smallest absolute Gasteiger partial charge is 0.127 e. The second kappa shape index (κ2) is 7.96. The van der Waals surface area contributed by atoms with Crippen LogP contribution in [0.25, 0.3) is 34.2 Å². The van der Waals surface area contributed by atoms with E-state index in [1.165, 1.54) is 0 Å². The summed E-state index contributed by atoms with van der Waals surface area (Å²) in [6, 6.07) is 29.4. The molecule has 0 spiro atoms. The summed E-state index contributed by atoms with van der Waals surface area (Å²) >= 11 is 0. The fourth-order valence-corrected chi connectivity index (χ4v) is 5.54. The van der Waals surface area contributed by atoms with E-state index >= 15 is 0 Å². The third kappa shape index (κ3) is 3.33. The number of imidazole rings is 2. The largest absolute Gasteiger partial charge is 0.356 e. The van der Waals surface area contributed by atoms with Gasteiger partial charge in [-0.1, -0.05) is 36.4 Å². The Morgan fingerprint density at radius 1 is 0.526 bits per heavy atom. The molecule has 5 heterocycles. The zero-order chi connectivity index (χ0) is 26.1. The monoisotopic (exact) mass is 498 g/mol. The van der Waals surface area contributed by atoms with Crippen LogP contribution in [0.2, 0.25) is 0 Å². The van der Waals surface area contributed by atoms with E-state index in [0.717, 1.165) is 57.2 Å². The summed E-state index contributed by atoms with van der Waals surface area (Å²) < 4.78 is 4.41. The molecule has 6 heteroatoms. The molecule has 0 saturated carbocycles. The van der Waals surface area contributed by atoms with Crippen molar-refractivity contribution in [3.63, 3.8) is 0 Å². The van der Waals surface area contributed by atoms with Gasteiger partial charge in [-0.3, -0.25) is 0 Å². The molecule has 38 heavy (non-hydrogen) atoms. The minimum Gasteiger partial charge on any atom is -0.356 e. The molecule has 188 valence electrons. The number of nitrogens with one attached hydrogen (secondary N) is 2. The van der Waals surface area contributed by atoms with Gasteiger partial charge < -0.3 is 19.1 Å². The highest BCUT2D eigenvalue weighted by Crippen LogP contribution is 2.39. The Kier molecular flexibility index (Phi) is 4.73. The molecule has 1 aliphatic heterocycles. The van der Waals surface area contributed by atoms with E-state index in [9.17, 15) is 0 Å². The number of hydrogen-bond acceptors (Lipinski definition) is 2. The van der Waals surface area contributed by atoms with Crippen molar-refractivity contribution in [3.8, 4) is 34.2 Å². The summed E-state index contributed by atoms with van der Waals surface area (Å²) in [5.41, 5.74) is 7.40. The zero-order valence-electron chi connectivity index (χ0n) is 22.0. The molecular weight excluding hydrogens is 468 g/mol. The third-order valence-electron chi connectivity index (χ3n) is 7.87. The minimum atomic E-state index is -0.531. The van der Waals surface area contributed by atoms with Crippen molar-refractivity contribution in [1.29, 1.82) is 0 Å². The normalized spacial score (nSPS) is 15.3. The fraction of sp³-hybridized carbons (Fsp3) is 0.188. The van der Waals surface area contributed by atoms with Gasteiger partial charge in [-0.25, -0.2) is 9.97 Å². The molecule has 4 aromatic heterocycles.